The van der Waals surface area contributed by atoms with E-state index < -0.39 is 0 Å². The summed E-state index contributed by atoms with van der Waals surface area (Å²) in [6.07, 6.45) is 7.67. The lowest BCUT2D eigenvalue weighted by Crippen LogP contribution is -2.51. The van der Waals surface area contributed by atoms with E-state index in [4.69, 9.17) is 4.74 Å². The van der Waals surface area contributed by atoms with E-state index in [2.05, 4.69) is 15.5 Å². The van der Waals surface area contributed by atoms with Crippen molar-refractivity contribution in [2.75, 3.05) is 45.9 Å². The number of amides is 1. The average molecular weight is 283 g/mol. The molecular formula is C15H29N3O2. The van der Waals surface area contributed by atoms with Gasteiger partial charge in [0.25, 0.3) is 0 Å². The molecule has 5 nitrogen and oxygen atoms in total. The van der Waals surface area contributed by atoms with E-state index in [1.54, 1.807) is 0 Å². The van der Waals surface area contributed by atoms with Gasteiger partial charge in [-0.05, 0) is 45.3 Å². The van der Waals surface area contributed by atoms with Crippen molar-refractivity contribution in [1.82, 2.24) is 15.5 Å². The van der Waals surface area contributed by atoms with Crippen LogP contribution in [0.5, 0.6) is 0 Å². The third-order valence-electron chi connectivity index (χ3n) is 4.14. The number of nitrogens with zero attached hydrogens (tertiary/aromatic N) is 1. The molecule has 0 spiro atoms. The van der Waals surface area contributed by atoms with Gasteiger partial charge in [-0.15, -0.1) is 0 Å². The largest absolute Gasteiger partial charge is 0.378 e. The second kappa shape index (κ2) is 9.32. The van der Waals surface area contributed by atoms with Gasteiger partial charge in [0.15, 0.2) is 0 Å². The minimum absolute atomic E-state index is 0.0840. The molecule has 2 rings (SSSR count). The second-order valence-corrected chi connectivity index (χ2v) is 5.84. The van der Waals surface area contributed by atoms with Gasteiger partial charge >= 0.3 is 0 Å². The molecule has 2 aliphatic heterocycles. The number of ether oxygens (including phenoxy) is 1. The lowest BCUT2D eigenvalue weighted by atomic mass is 10.1. The van der Waals surface area contributed by atoms with Crippen LogP contribution in [0.25, 0.3) is 0 Å². The summed E-state index contributed by atoms with van der Waals surface area (Å²) in [5, 5.41) is 6.17. The molecule has 116 valence electrons. The third kappa shape index (κ3) is 5.77. The summed E-state index contributed by atoms with van der Waals surface area (Å²) in [6, 6.07) is -0.155. The first-order valence-electron chi connectivity index (χ1n) is 8.17. The number of hydrogen-bond donors (Lipinski definition) is 2. The van der Waals surface area contributed by atoms with E-state index in [0.717, 1.165) is 19.5 Å². The molecule has 0 aromatic carbocycles. The number of hydrogen-bond acceptors (Lipinski definition) is 4. The molecule has 0 aliphatic carbocycles. The van der Waals surface area contributed by atoms with Gasteiger partial charge in [-0.3, -0.25) is 4.79 Å². The van der Waals surface area contributed by atoms with Gasteiger partial charge in [-0.2, -0.15) is 0 Å². The van der Waals surface area contributed by atoms with E-state index >= 15 is 0 Å². The first-order chi connectivity index (χ1) is 9.86. The molecule has 20 heavy (non-hydrogen) atoms. The van der Waals surface area contributed by atoms with E-state index in [1.165, 1.54) is 51.7 Å². The first-order valence-corrected chi connectivity index (χ1v) is 8.17. The lowest BCUT2D eigenvalue weighted by molar-refractivity contribution is -0.125. The molecule has 1 amide bonds. The predicted molar refractivity (Wildman–Crippen MR) is 79.8 cm³/mol. The van der Waals surface area contributed by atoms with Crippen LogP contribution in [-0.4, -0.2) is 62.8 Å². The van der Waals surface area contributed by atoms with Gasteiger partial charge in [-0.25, -0.2) is 0 Å². The van der Waals surface area contributed by atoms with E-state index in [-0.39, 0.29) is 11.9 Å². The van der Waals surface area contributed by atoms with E-state index in [0.29, 0.717) is 13.2 Å². The second-order valence-electron chi connectivity index (χ2n) is 5.84. The van der Waals surface area contributed by atoms with Crippen LogP contribution in [-0.2, 0) is 9.53 Å². The Kier molecular flexibility index (Phi) is 7.33. The molecule has 2 N–H and O–H groups in total. The standard InChI is InChI=1S/C15H29N3O2/c19-15(14-13-20-12-8-16-14)17-7-3-1-4-9-18-10-5-2-6-11-18/h14,16H,1-13H2,(H,17,19). The first kappa shape index (κ1) is 15.7. The van der Waals surface area contributed by atoms with E-state index in [1.807, 2.05) is 0 Å². The van der Waals surface area contributed by atoms with Crippen LogP contribution >= 0.6 is 0 Å². The van der Waals surface area contributed by atoms with Gasteiger partial charge in [0.2, 0.25) is 5.91 Å². The Morgan fingerprint density at radius 1 is 1.20 bits per heavy atom. The molecule has 1 unspecified atom stereocenters. The van der Waals surface area contributed by atoms with Crippen LogP contribution in [0.15, 0.2) is 0 Å². The molecule has 2 aliphatic rings. The number of carbonyl (C=O) groups is 1. The van der Waals surface area contributed by atoms with Crippen molar-refractivity contribution in [1.29, 1.82) is 0 Å². The fraction of sp³-hybridized carbons (Fsp3) is 0.933. The summed E-state index contributed by atoms with van der Waals surface area (Å²) in [5.74, 6) is 0.0840. The highest BCUT2D eigenvalue weighted by Gasteiger charge is 2.20. The van der Waals surface area contributed by atoms with Crippen molar-refractivity contribution in [3.05, 3.63) is 0 Å². The Labute approximate surface area is 122 Å². The summed E-state index contributed by atoms with van der Waals surface area (Å²) in [4.78, 5) is 14.4. The molecule has 0 bridgehead atoms. The molecule has 1 atom stereocenters. The Balaban J connectivity index is 1.43. The molecule has 5 heteroatoms. The molecule has 2 saturated heterocycles. The highest BCUT2D eigenvalue weighted by Crippen LogP contribution is 2.09. The number of piperidine rings is 1. The topological polar surface area (TPSA) is 53.6 Å². The third-order valence-corrected chi connectivity index (χ3v) is 4.14. The smallest absolute Gasteiger partial charge is 0.239 e. The Morgan fingerprint density at radius 2 is 2.05 bits per heavy atom. The minimum atomic E-state index is -0.155. The van der Waals surface area contributed by atoms with Crippen molar-refractivity contribution in [3.8, 4) is 0 Å². The molecule has 2 heterocycles. The number of nitrogens with one attached hydrogen (secondary N) is 2. The van der Waals surface area contributed by atoms with Gasteiger partial charge in [0, 0.05) is 13.1 Å². The molecule has 0 aromatic heterocycles. The summed E-state index contributed by atoms with van der Waals surface area (Å²) in [5.41, 5.74) is 0. The van der Waals surface area contributed by atoms with Crippen LogP contribution in [0.1, 0.15) is 38.5 Å². The summed E-state index contributed by atoms with van der Waals surface area (Å²) in [7, 11) is 0. The summed E-state index contributed by atoms with van der Waals surface area (Å²) >= 11 is 0. The van der Waals surface area contributed by atoms with Crippen LogP contribution in [0.4, 0.5) is 0 Å². The van der Waals surface area contributed by atoms with Crippen molar-refractivity contribution in [2.24, 2.45) is 0 Å². The lowest BCUT2D eigenvalue weighted by Gasteiger charge is -2.26. The van der Waals surface area contributed by atoms with Crippen LogP contribution in [0, 0.1) is 0 Å². The van der Waals surface area contributed by atoms with Gasteiger partial charge in [0.05, 0.1) is 13.2 Å². The van der Waals surface area contributed by atoms with Crippen LogP contribution < -0.4 is 10.6 Å². The maximum absolute atomic E-state index is 11.8. The summed E-state index contributed by atoms with van der Waals surface area (Å²) in [6.45, 7) is 6.56. The Morgan fingerprint density at radius 3 is 2.80 bits per heavy atom. The summed E-state index contributed by atoms with van der Waals surface area (Å²) < 4.78 is 5.29. The number of likely N-dealkylation sites (tertiary alicyclic amines) is 1. The Bertz CT molecular complexity index is 274. The zero-order chi connectivity index (χ0) is 14.0. The van der Waals surface area contributed by atoms with E-state index in [9.17, 15) is 4.79 Å². The molecule has 2 fully saturated rings. The maximum atomic E-state index is 11.8. The van der Waals surface area contributed by atoms with Crippen LogP contribution in [0.2, 0.25) is 0 Å². The van der Waals surface area contributed by atoms with Crippen LogP contribution in [0.3, 0.4) is 0 Å². The van der Waals surface area contributed by atoms with Crippen molar-refractivity contribution in [3.63, 3.8) is 0 Å². The number of carbonyl (C=O) groups excluding carboxylic acids is 1. The van der Waals surface area contributed by atoms with Crippen molar-refractivity contribution < 1.29 is 9.53 Å². The fourth-order valence-electron chi connectivity index (χ4n) is 2.89. The minimum Gasteiger partial charge on any atom is -0.378 e. The Hall–Kier alpha value is -0.650. The number of rotatable bonds is 7. The van der Waals surface area contributed by atoms with Crippen molar-refractivity contribution in [2.45, 2.75) is 44.6 Å². The predicted octanol–water partition coefficient (Wildman–Crippen LogP) is 0.747. The number of unbranched alkanes of at least 4 members (excludes halogenated alkanes) is 2. The fourth-order valence-corrected chi connectivity index (χ4v) is 2.89. The maximum Gasteiger partial charge on any atom is 0.239 e. The van der Waals surface area contributed by atoms with Gasteiger partial charge < -0.3 is 20.3 Å². The molecule has 0 saturated carbocycles. The monoisotopic (exact) mass is 283 g/mol. The molecule has 0 aromatic rings. The highest BCUT2D eigenvalue weighted by molar-refractivity contribution is 5.81. The molecular weight excluding hydrogens is 254 g/mol. The van der Waals surface area contributed by atoms with Gasteiger partial charge in [0.1, 0.15) is 6.04 Å². The normalized spacial score (nSPS) is 24.5. The zero-order valence-corrected chi connectivity index (χ0v) is 12.5. The molecule has 0 radical (unpaired) electrons. The quantitative estimate of drug-likeness (QED) is 0.677. The SMILES string of the molecule is O=C(NCCCCCN1CCCCC1)C1COCCN1. The zero-order valence-electron chi connectivity index (χ0n) is 12.5. The average Bonchev–Trinajstić information content (AvgIpc) is 2.52. The highest BCUT2D eigenvalue weighted by atomic mass is 16.5. The van der Waals surface area contributed by atoms with Crippen molar-refractivity contribution >= 4 is 5.91 Å². The number of morpholine rings is 1. The van der Waals surface area contributed by atoms with Gasteiger partial charge in [-0.1, -0.05) is 12.8 Å².